The predicted octanol–water partition coefficient (Wildman–Crippen LogP) is 3.15. The Balaban J connectivity index is 0.000000300. The van der Waals surface area contributed by atoms with E-state index in [1.54, 1.807) is 38.2 Å². The second-order valence-corrected chi connectivity index (χ2v) is 7.45. The quantitative estimate of drug-likeness (QED) is 0.195. The van der Waals surface area contributed by atoms with Crippen molar-refractivity contribution in [2.24, 2.45) is 0 Å². The summed E-state index contributed by atoms with van der Waals surface area (Å²) in [4.78, 5) is 43.8. The van der Waals surface area contributed by atoms with Crippen molar-refractivity contribution in [2.45, 2.75) is 63.9 Å². The van der Waals surface area contributed by atoms with Crippen molar-refractivity contribution in [3.63, 3.8) is 0 Å². The summed E-state index contributed by atoms with van der Waals surface area (Å²) in [6.07, 6.45) is 7.69. The van der Waals surface area contributed by atoms with Crippen molar-refractivity contribution in [2.75, 3.05) is 10.7 Å². The van der Waals surface area contributed by atoms with Crippen molar-refractivity contribution in [1.29, 1.82) is 0 Å². The zero-order valence-electron chi connectivity index (χ0n) is 16.9. The molecule has 10 heteroatoms. The van der Waals surface area contributed by atoms with Crippen LogP contribution in [0.1, 0.15) is 39.5 Å². The predicted molar refractivity (Wildman–Crippen MR) is 115 cm³/mol. The van der Waals surface area contributed by atoms with Gasteiger partial charge in [0.05, 0.1) is 0 Å². The van der Waals surface area contributed by atoms with Crippen molar-refractivity contribution in [3.8, 4) is 0 Å². The van der Waals surface area contributed by atoms with Gasteiger partial charge >= 0.3 is 23.9 Å². The van der Waals surface area contributed by atoms with E-state index < -0.39 is 0 Å². The Bertz CT molecular complexity index is 553. The van der Waals surface area contributed by atoms with E-state index in [1.165, 1.54) is 0 Å². The molecule has 0 aromatic rings. The molecular formula is C20H26Br2O8. The van der Waals surface area contributed by atoms with E-state index in [4.69, 9.17) is 18.9 Å². The Morgan fingerprint density at radius 2 is 0.900 bits per heavy atom. The topological polar surface area (TPSA) is 105 Å². The Labute approximate surface area is 192 Å². The zero-order chi connectivity index (χ0) is 22.5. The number of alkyl halides is 2. The van der Waals surface area contributed by atoms with Gasteiger partial charge in [0.2, 0.25) is 0 Å². The standard InChI is InChI=1S/C11H16O4.C9H10Br2O4/c1-3-10(12)14-8-5-6-9(7-8)15-11(13)4-2;10-4-8(12)14-6-1-2-7(3-6)15-9(13)5-11/h5-6,8-9H,3-4,7H2,1-2H3;1-2,6-7H,3-5H2/t8-,9+;6-,7+. The third-order valence-electron chi connectivity index (χ3n) is 3.94. The van der Waals surface area contributed by atoms with E-state index in [0.29, 0.717) is 25.7 Å². The lowest BCUT2D eigenvalue weighted by Crippen LogP contribution is -2.20. The average Bonchev–Trinajstić information content (AvgIpc) is 3.37. The Morgan fingerprint density at radius 1 is 0.633 bits per heavy atom. The monoisotopic (exact) mass is 552 g/mol. The van der Waals surface area contributed by atoms with Crippen LogP contribution in [-0.2, 0) is 38.1 Å². The number of carbonyl (C=O) groups is 4. The van der Waals surface area contributed by atoms with Gasteiger partial charge in [-0.15, -0.1) is 0 Å². The average molecular weight is 554 g/mol. The molecule has 0 aliphatic heterocycles. The molecule has 0 amide bonds. The Morgan fingerprint density at radius 3 is 1.13 bits per heavy atom. The normalized spacial score (nSPS) is 23.9. The summed E-state index contributed by atoms with van der Waals surface area (Å²) in [7, 11) is 0. The molecule has 0 unspecified atom stereocenters. The van der Waals surface area contributed by atoms with Crippen LogP contribution in [0.2, 0.25) is 0 Å². The van der Waals surface area contributed by atoms with Crippen LogP contribution < -0.4 is 0 Å². The van der Waals surface area contributed by atoms with Gasteiger partial charge in [-0.1, -0.05) is 45.7 Å². The van der Waals surface area contributed by atoms with Crippen LogP contribution in [-0.4, -0.2) is 59.0 Å². The molecule has 0 bridgehead atoms. The molecule has 30 heavy (non-hydrogen) atoms. The first-order valence-electron chi connectivity index (χ1n) is 9.57. The van der Waals surface area contributed by atoms with Crippen molar-refractivity contribution >= 4 is 55.7 Å². The van der Waals surface area contributed by atoms with Crippen molar-refractivity contribution < 1.29 is 38.1 Å². The molecule has 0 spiro atoms. The molecule has 0 saturated heterocycles. The highest BCUT2D eigenvalue weighted by Crippen LogP contribution is 2.19. The van der Waals surface area contributed by atoms with Gasteiger partial charge in [-0.05, 0) is 24.3 Å². The number of esters is 4. The first-order valence-corrected chi connectivity index (χ1v) is 11.8. The molecule has 2 aliphatic carbocycles. The minimum absolute atomic E-state index is 0.170. The summed E-state index contributed by atoms with van der Waals surface area (Å²) in [5.41, 5.74) is 0. The molecule has 0 N–H and O–H groups in total. The number of hydrogen-bond donors (Lipinski definition) is 0. The fourth-order valence-corrected chi connectivity index (χ4v) is 2.79. The fraction of sp³-hybridized carbons (Fsp3) is 0.600. The van der Waals surface area contributed by atoms with E-state index in [9.17, 15) is 19.2 Å². The molecule has 4 atom stereocenters. The largest absolute Gasteiger partial charge is 0.458 e. The van der Waals surface area contributed by atoms with E-state index in [1.807, 2.05) is 0 Å². The molecule has 0 aromatic heterocycles. The summed E-state index contributed by atoms with van der Waals surface area (Å²) in [5.74, 6) is -1.10. The van der Waals surface area contributed by atoms with Crippen LogP contribution >= 0.6 is 31.9 Å². The van der Waals surface area contributed by atoms with E-state index >= 15 is 0 Å². The lowest BCUT2D eigenvalue weighted by molar-refractivity contribution is -0.150. The third kappa shape index (κ3) is 10.4. The van der Waals surface area contributed by atoms with Crippen molar-refractivity contribution in [3.05, 3.63) is 24.3 Å². The molecule has 0 radical (unpaired) electrons. The van der Waals surface area contributed by atoms with Crippen LogP contribution in [0.25, 0.3) is 0 Å². The molecule has 0 fully saturated rings. The van der Waals surface area contributed by atoms with E-state index in [2.05, 4.69) is 31.9 Å². The number of carbonyl (C=O) groups excluding carboxylic acids is 4. The first-order chi connectivity index (χ1) is 14.3. The molecule has 2 aliphatic rings. The minimum Gasteiger partial charge on any atom is -0.458 e. The summed E-state index contributed by atoms with van der Waals surface area (Å²) < 4.78 is 20.2. The van der Waals surface area contributed by atoms with Crippen LogP contribution in [0.3, 0.4) is 0 Å². The van der Waals surface area contributed by atoms with Gasteiger partial charge in [0.15, 0.2) is 0 Å². The molecule has 0 heterocycles. The maximum absolute atomic E-state index is 11.0. The van der Waals surface area contributed by atoms with Crippen LogP contribution in [0, 0.1) is 0 Å². The highest BCUT2D eigenvalue weighted by molar-refractivity contribution is 9.09. The number of hydrogen-bond acceptors (Lipinski definition) is 8. The minimum atomic E-state index is -0.322. The number of halogens is 2. The number of rotatable bonds is 8. The highest BCUT2D eigenvalue weighted by Gasteiger charge is 2.25. The molecule has 8 nitrogen and oxygen atoms in total. The molecule has 168 valence electrons. The van der Waals surface area contributed by atoms with Crippen LogP contribution in [0.4, 0.5) is 0 Å². The van der Waals surface area contributed by atoms with Crippen LogP contribution in [0.15, 0.2) is 24.3 Å². The first kappa shape index (κ1) is 26.4. The second-order valence-electron chi connectivity index (χ2n) is 6.33. The fourth-order valence-electron chi connectivity index (χ4n) is 2.52. The van der Waals surface area contributed by atoms with Gasteiger partial charge in [-0.2, -0.15) is 0 Å². The Kier molecular flexibility index (Phi) is 12.6. The summed E-state index contributed by atoms with van der Waals surface area (Å²) >= 11 is 6.00. The van der Waals surface area contributed by atoms with E-state index in [-0.39, 0.29) is 59.0 Å². The molecule has 0 saturated carbocycles. The summed E-state index contributed by atoms with van der Waals surface area (Å²) in [6, 6.07) is 0. The summed E-state index contributed by atoms with van der Waals surface area (Å²) in [5, 5.41) is 0.340. The molecule has 2 rings (SSSR count). The molecular weight excluding hydrogens is 528 g/mol. The van der Waals surface area contributed by atoms with Gasteiger partial charge in [-0.3, -0.25) is 19.2 Å². The van der Waals surface area contributed by atoms with E-state index in [0.717, 1.165) is 0 Å². The summed E-state index contributed by atoms with van der Waals surface area (Å²) in [6.45, 7) is 3.49. The smallest absolute Gasteiger partial charge is 0.317 e. The van der Waals surface area contributed by atoms with Gasteiger partial charge < -0.3 is 18.9 Å². The second kappa shape index (κ2) is 14.3. The molecule has 0 aromatic carbocycles. The zero-order valence-corrected chi connectivity index (χ0v) is 20.1. The van der Waals surface area contributed by atoms with Gasteiger partial charge in [0.25, 0.3) is 0 Å². The Hall–Kier alpha value is -1.68. The maximum Gasteiger partial charge on any atom is 0.317 e. The maximum atomic E-state index is 11.0. The lowest BCUT2D eigenvalue weighted by atomic mass is 10.3. The lowest BCUT2D eigenvalue weighted by Gasteiger charge is -2.13. The van der Waals surface area contributed by atoms with Gasteiger partial charge in [0, 0.05) is 25.7 Å². The third-order valence-corrected chi connectivity index (χ3v) is 4.85. The van der Waals surface area contributed by atoms with Crippen LogP contribution in [0.5, 0.6) is 0 Å². The van der Waals surface area contributed by atoms with Gasteiger partial charge in [-0.25, -0.2) is 0 Å². The number of ether oxygens (including phenoxy) is 4. The van der Waals surface area contributed by atoms with Crippen molar-refractivity contribution in [1.82, 2.24) is 0 Å². The van der Waals surface area contributed by atoms with Gasteiger partial charge in [0.1, 0.15) is 35.1 Å². The SMILES string of the molecule is CCC(=O)O[C@@H]1C=C[C@H](OC(=O)CC)C1.O=C(CBr)O[C@@H]1C=C[C@H](OC(=O)CBr)C1. The highest BCUT2D eigenvalue weighted by atomic mass is 79.9.